The van der Waals surface area contributed by atoms with E-state index in [9.17, 15) is 0 Å². The Bertz CT molecular complexity index is 524. The average Bonchev–Trinajstić information content (AvgIpc) is 2.72. The summed E-state index contributed by atoms with van der Waals surface area (Å²) < 4.78 is 11.9. The van der Waals surface area contributed by atoms with Crippen LogP contribution in [0.2, 0.25) is 5.28 Å². The van der Waals surface area contributed by atoms with Crippen LogP contribution in [0.5, 0.6) is 0 Å². The van der Waals surface area contributed by atoms with Crippen LogP contribution < -0.4 is 4.90 Å². The lowest BCUT2D eigenvalue weighted by Crippen LogP contribution is -2.66. The van der Waals surface area contributed by atoms with Gasteiger partial charge in [0.05, 0.1) is 13.2 Å². The standard InChI is InChI=1S/C14H21ClN4O2/c1-12(2)7-14(20-5-6-21-14)8-13(3,4)19(12)11-17-9-16-10(15)18-11/h9H,5-8H2,1-4H3. The van der Waals surface area contributed by atoms with Crippen LogP contribution in [-0.4, -0.2) is 45.0 Å². The number of hydrogen-bond donors (Lipinski definition) is 0. The first-order chi connectivity index (χ1) is 9.74. The van der Waals surface area contributed by atoms with Gasteiger partial charge in [-0.25, -0.2) is 9.97 Å². The molecule has 0 radical (unpaired) electrons. The predicted molar refractivity (Wildman–Crippen MR) is 79.3 cm³/mol. The molecule has 1 spiro atoms. The Hall–Kier alpha value is -0.980. The third kappa shape index (κ3) is 2.60. The van der Waals surface area contributed by atoms with E-state index in [0.717, 1.165) is 12.8 Å². The molecule has 2 aliphatic rings. The summed E-state index contributed by atoms with van der Waals surface area (Å²) in [5, 5.41) is 0.209. The van der Waals surface area contributed by atoms with E-state index >= 15 is 0 Å². The fraction of sp³-hybridized carbons (Fsp3) is 0.786. The van der Waals surface area contributed by atoms with Crippen LogP contribution in [-0.2, 0) is 9.47 Å². The number of piperidine rings is 1. The van der Waals surface area contributed by atoms with Gasteiger partial charge in [-0.05, 0) is 39.3 Å². The number of hydrogen-bond acceptors (Lipinski definition) is 6. The molecule has 0 N–H and O–H groups in total. The minimum Gasteiger partial charge on any atom is -0.347 e. The molecule has 0 aromatic carbocycles. The van der Waals surface area contributed by atoms with Crippen LogP contribution in [0.15, 0.2) is 6.33 Å². The van der Waals surface area contributed by atoms with Crippen LogP contribution in [0.4, 0.5) is 5.95 Å². The first-order valence-electron chi connectivity index (χ1n) is 7.17. The summed E-state index contributed by atoms with van der Waals surface area (Å²) in [6.07, 6.45) is 2.96. The fourth-order valence-electron chi connectivity index (χ4n) is 3.98. The number of anilines is 1. The van der Waals surface area contributed by atoms with Gasteiger partial charge in [0, 0.05) is 23.9 Å². The molecule has 21 heavy (non-hydrogen) atoms. The van der Waals surface area contributed by atoms with Crippen LogP contribution in [0.1, 0.15) is 40.5 Å². The van der Waals surface area contributed by atoms with Gasteiger partial charge < -0.3 is 14.4 Å². The van der Waals surface area contributed by atoms with Crippen molar-refractivity contribution in [2.24, 2.45) is 0 Å². The van der Waals surface area contributed by atoms with Crippen LogP contribution in [0.25, 0.3) is 0 Å². The number of ether oxygens (including phenoxy) is 2. The molecular formula is C14H21ClN4O2. The van der Waals surface area contributed by atoms with E-state index in [2.05, 4.69) is 47.5 Å². The summed E-state index contributed by atoms with van der Waals surface area (Å²) in [6, 6.07) is 0. The molecule has 0 bridgehead atoms. The number of nitrogens with zero attached hydrogens (tertiary/aromatic N) is 4. The highest BCUT2D eigenvalue weighted by atomic mass is 35.5. The third-order valence-corrected chi connectivity index (χ3v) is 4.34. The van der Waals surface area contributed by atoms with Crippen molar-refractivity contribution in [3.8, 4) is 0 Å². The van der Waals surface area contributed by atoms with E-state index in [0.29, 0.717) is 19.2 Å². The van der Waals surface area contributed by atoms with Gasteiger partial charge in [0.25, 0.3) is 0 Å². The van der Waals surface area contributed by atoms with Gasteiger partial charge in [0.2, 0.25) is 11.2 Å². The van der Waals surface area contributed by atoms with Crippen molar-refractivity contribution < 1.29 is 9.47 Å². The van der Waals surface area contributed by atoms with Crippen molar-refractivity contribution >= 4 is 17.5 Å². The SMILES string of the molecule is CC1(C)CC2(CC(C)(C)N1c1ncnc(Cl)n1)OCCO2. The molecule has 1 aromatic heterocycles. The first kappa shape index (κ1) is 14.9. The minimum atomic E-state index is -0.500. The summed E-state index contributed by atoms with van der Waals surface area (Å²) in [6.45, 7) is 9.92. The summed E-state index contributed by atoms with van der Waals surface area (Å²) in [7, 11) is 0. The van der Waals surface area contributed by atoms with Crippen LogP contribution in [0, 0.1) is 0 Å². The van der Waals surface area contributed by atoms with Crippen molar-refractivity contribution in [1.82, 2.24) is 15.0 Å². The van der Waals surface area contributed by atoms with Crippen LogP contribution >= 0.6 is 11.6 Å². The molecule has 1 aromatic rings. The van der Waals surface area contributed by atoms with Crippen LogP contribution in [0.3, 0.4) is 0 Å². The maximum atomic E-state index is 5.93. The maximum Gasteiger partial charge on any atom is 0.230 e. The van der Waals surface area contributed by atoms with Crippen molar-refractivity contribution in [3.63, 3.8) is 0 Å². The molecule has 6 nitrogen and oxygen atoms in total. The van der Waals surface area contributed by atoms with Gasteiger partial charge in [-0.3, -0.25) is 0 Å². The highest BCUT2D eigenvalue weighted by Crippen LogP contribution is 2.48. The predicted octanol–water partition coefficient (Wildman–Crippen LogP) is 2.43. The topological polar surface area (TPSA) is 60.4 Å². The van der Waals surface area contributed by atoms with Gasteiger partial charge >= 0.3 is 0 Å². The molecule has 0 amide bonds. The molecule has 2 saturated heterocycles. The van der Waals surface area contributed by atoms with E-state index in [1.54, 1.807) is 0 Å². The monoisotopic (exact) mass is 312 g/mol. The van der Waals surface area contributed by atoms with E-state index in [1.807, 2.05) is 0 Å². The van der Waals surface area contributed by atoms with Gasteiger partial charge in [-0.1, -0.05) is 0 Å². The Morgan fingerprint density at radius 3 is 2.14 bits per heavy atom. The average molecular weight is 313 g/mol. The molecule has 2 aliphatic heterocycles. The molecule has 0 atom stereocenters. The molecule has 7 heteroatoms. The summed E-state index contributed by atoms with van der Waals surface area (Å²) >= 11 is 5.93. The third-order valence-electron chi connectivity index (χ3n) is 4.16. The quantitative estimate of drug-likeness (QED) is 0.793. The Morgan fingerprint density at radius 2 is 1.62 bits per heavy atom. The smallest absolute Gasteiger partial charge is 0.230 e. The summed E-state index contributed by atoms with van der Waals surface area (Å²) in [4.78, 5) is 14.7. The fourth-order valence-corrected chi connectivity index (χ4v) is 4.10. The molecule has 3 heterocycles. The molecule has 0 aliphatic carbocycles. The maximum absolute atomic E-state index is 5.93. The molecule has 3 rings (SSSR count). The van der Waals surface area contributed by atoms with Crippen molar-refractivity contribution in [2.45, 2.75) is 57.4 Å². The largest absolute Gasteiger partial charge is 0.347 e. The van der Waals surface area contributed by atoms with E-state index < -0.39 is 5.79 Å². The number of rotatable bonds is 1. The second-order valence-electron chi connectivity index (χ2n) is 6.98. The molecule has 0 unspecified atom stereocenters. The van der Waals surface area contributed by atoms with E-state index in [4.69, 9.17) is 21.1 Å². The Kier molecular flexibility index (Phi) is 3.39. The number of aromatic nitrogens is 3. The normalized spacial score (nSPS) is 26.2. The highest BCUT2D eigenvalue weighted by Gasteiger charge is 2.56. The highest BCUT2D eigenvalue weighted by molar-refractivity contribution is 6.28. The molecule has 116 valence electrons. The van der Waals surface area contributed by atoms with Gasteiger partial charge in [0.1, 0.15) is 6.33 Å². The second kappa shape index (κ2) is 4.76. The zero-order valence-electron chi connectivity index (χ0n) is 12.9. The molecular weight excluding hydrogens is 292 g/mol. The van der Waals surface area contributed by atoms with Crippen molar-refractivity contribution in [3.05, 3.63) is 11.6 Å². The first-order valence-corrected chi connectivity index (χ1v) is 7.55. The van der Waals surface area contributed by atoms with Gasteiger partial charge in [-0.15, -0.1) is 0 Å². The lowest BCUT2D eigenvalue weighted by molar-refractivity contribution is -0.198. The minimum absolute atomic E-state index is 0.209. The summed E-state index contributed by atoms with van der Waals surface area (Å²) in [5.74, 6) is 0.0956. The second-order valence-corrected chi connectivity index (χ2v) is 7.31. The van der Waals surface area contributed by atoms with Gasteiger partial charge in [0.15, 0.2) is 5.79 Å². The zero-order valence-corrected chi connectivity index (χ0v) is 13.6. The zero-order chi connectivity index (χ0) is 15.3. The lowest BCUT2D eigenvalue weighted by atomic mass is 9.76. The number of halogens is 1. The van der Waals surface area contributed by atoms with E-state index in [1.165, 1.54) is 6.33 Å². The van der Waals surface area contributed by atoms with Crippen molar-refractivity contribution in [2.75, 3.05) is 18.1 Å². The Morgan fingerprint density at radius 1 is 1.05 bits per heavy atom. The lowest BCUT2D eigenvalue weighted by Gasteiger charge is -2.57. The summed E-state index contributed by atoms with van der Waals surface area (Å²) in [5.41, 5.74) is -0.451. The molecule has 2 fully saturated rings. The van der Waals surface area contributed by atoms with Gasteiger partial charge in [-0.2, -0.15) is 4.98 Å². The Labute approximate surface area is 129 Å². The van der Waals surface area contributed by atoms with Crippen molar-refractivity contribution in [1.29, 1.82) is 0 Å². The van der Waals surface area contributed by atoms with E-state index in [-0.39, 0.29) is 16.4 Å². The Balaban J connectivity index is 2.00. The molecule has 0 saturated carbocycles.